The smallest absolute Gasteiger partial charge is 0.244 e. The maximum absolute atomic E-state index is 12.4. The summed E-state index contributed by atoms with van der Waals surface area (Å²) in [5, 5.41) is 0. The molecule has 1 aromatic heterocycles. The molecule has 0 unspecified atom stereocenters. The summed E-state index contributed by atoms with van der Waals surface area (Å²) in [6.45, 7) is 4.32. The first-order valence-corrected chi connectivity index (χ1v) is 8.79. The fourth-order valence-electron chi connectivity index (χ4n) is 1.51. The minimum Gasteiger partial charge on any atom is -0.393 e. The largest absolute Gasteiger partial charge is 0.393 e. The van der Waals surface area contributed by atoms with Crippen molar-refractivity contribution in [3.63, 3.8) is 0 Å². The van der Waals surface area contributed by atoms with Crippen LogP contribution < -0.4 is 5.73 Å². The van der Waals surface area contributed by atoms with E-state index in [9.17, 15) is 8.42 Å². The van der Waals surface area contributed by atoms with E-state index in [4.69, 9.17) is 18.0 Å². The van der Waals surface area contributed by atoms with Gasteiger partial charge in [0.05, 0.1) is 13.7 Å². The van der Waals surface area contributed by atoms with Crippen molar-refractivity contribution in [2.75, 3.05) is 13.1 Å². The van der Waals surface area contributed by atoms with Crippen LogP contribution in [-0.2, 0) is 10.0 Å². The van der Waals surface area contributed by atoms with Gasteiger partial charge in [-0.1, -0.05) is 19.1 Å². The summed E-state index contributed by atoms with van der Waals surface area (Å²) in [5.41, 5.74) is 5.42. The number of nitrogens with zero attached hydrogens (tertiary/aromatic N) is 1. The number of rotatable bonds is 6. The van der Waals surface area contributed by atoms with Crippen molar-refractivity contribution in [1.29, 1.82) is 0 Å². The molecule has 0 aromatic carbocycles. The molecule has 8 heteroatoms. The molecule has 1 aromatic rings. The van der Waals surface area contributed by atoms with E-state index in [1.807, 2.05) is 0 Å². The van der Waals surface area contributed by atoms with Crippen molar-refractivity contribution in [2.24, 2.45) is 5.73 Å². The Balaban J connectivity index is 3.03. The summed E-state index contributed by atoms with van der Waals surface area (Å²) in [6.07, 6.45) is 0.396. The normalized spacial score (nSPS) is 12.0. The SMILES string of the molecule is CCN(CCC(N)=S)S(=O)(=O)c1cc(Br)sc1C. The number of hydrogen-bond donors (Lipinski definition) is 1. The average Bonchev–Trinajstić information content (AvgIpc) is 2.58. The third-order valence-electron chi connectivity index (χ3n) is 2.42. The predicted octanol–water partition coefficient (Wildman–Crippen LogP) is 2.51. The Bertz CT molecular complexity index is 539. The molecule has 0 aliphatic rings. The number of thiocarbonyl (C=S) groups is 1. The third kappa shape index (κ3) is 3.74. The molecule has 0 aliphatic carbocycles. The van der Waals surface area contributed by atoms with Crippen LogP contribution >= 0.6 is 39.5 Å². The highest BCUT2D eigenvalue weighted by molar-refractivity contribution is 9.11. The van der Waals surface area contributed by atoms with Crippen LogP contribution in [0.15, 0.2) is 14.7 Å². The zero-order chi connectivity index (χ0) is 13.9. The standard InChI is InChI=1S/C10H15BrN2O2S3/c1-3-13(5-4-10(12)16)18(14,15)8-6-9(11)17-7(8)2/h6H,3-5H2,1-2H3,(H2,12,16). The van der Waals surface area contributed by atoms with Crippen LogP contribution in [0.4, 0.5) is 0 Å². The molecule has 0 amide bonds. The van der Waals surface area contributed by atoms with E-state index in [-0.39, 0.29) is 0 Å². The Morgan fingerprint density at radius 1 is 1.61 bits per heavy atom. The number of hydrogen-bond acceptors (Lipinski definition) is 4. The zero-order valence-electron chi connectivity index (χ0n) is 10.1. The Morgan fingerprint density at radius 2 is 2.22 bits per heavy atom. The first-order chi connectivity index (χ1) is 8.28. The highest BCUT2D eigenvalue weighted by Gasteiger charge is 2.26. The summed E-state index contributed by atoms with van der Waals surface area (Å²) < 4.78 is 27.1. The summed E-state index contributed by atoms with van der Waals surface area (Å²) in [4.78, 5) is 1.45. The van der Waals surface area contributed by atoms with Gasteiger partial charge in [0.25, 0.3) is 0 Å². The van der Waals surface area contributed by atoms with Crippen molar-refractivity contribution >= 4 is 54.5 Å². The molecule has 2 N–H and O–H groups in total. The lowest BCUT2D eigenvalue weighted by Crippen LogP contribution is -2.33. The average molecular weight is 371 g/mol. The second-order valence-corrected chi connectivity index (χ2v) is 8.75. The molecule has 1 heterocycles. The molecule has 0 bridgehead atoms. The lowest BCUT2D eigenvalue weighted by Gasteiger charge is -2.19. The number of aryl methyl sites for hydroxylation is 1. The molecule has 0 spiro atoms. The zero-order valence-corrected chi connectivity index (χ0v) is 14.2. The third-order valence-corrected chi connectivity index (χ3v) is 6.41. The van der Waals surface area contributed by atoms with Crippen molar-refractivity contribution in [3.8, 4) is 0 Å². The van der Waals surface area contributed by atoms with Crippen LogP contribution in [-0.4, -0.2) is 30.8 Å². The van der Waals surface area contributed by atoms with Crippen LogP contribution in [0.3, 0.4) is 0 Å². The van der Waals surface area contributed by atoms with Gasteiger partial charge in [-0.2, -0.15) is 4.31 Å². The van der Waals surface area contributed by atoms with Gasteiger partial charge in [0.2, 0.25) is 10.0 Å². The summed E-state index contributed by atoms with van der Waals surface area (Å²) in [7, 11) is -3.46. The maximum Gasteiger partial charge on any atom is 0.244 e. The van der Waals surface area contributed by atoms with E-state index in [1.165, 1.54) is 15.6 Å². The van der Waals surface area contributed by atoms with Gasteiger partial charge in [-0.05, 0) is 28.9 Å². The van der Waals surface area contributed by atoms with Gasteiger partial charge in [0, 0.05) is 24.4 Å². The first-order valence-electron chi connectivity index (χ1n) is 5.33. The lowest BCUT2D eigenvalue weighted by molar-refractivity contribution is 0.437. The fourth-order valence-corrected chi connectivity index (χ4v) is 5.43. The molecule has 0 saturated heterocycles. The van der Waals surface area contributed by atoms with Gasteiger partial charge >= 0.3 is 0 Å². The number of halogens is 1. The van der Waals surface area contributed by atoms with Crippen LogP contribution in [0.1, 0.15) is 18.2 Å². The van der Waals surface area contributed by atoms with Crippen molar-refractivity contribution in [2.45, 2.75) is 25.2 Å². The molecule has 1 rings (SSSR count). The Labute approximate surface area is 125 Å². The van der Waals surface area contributed by atoms with Gasteiger partial charge in [-0.15, -0.1) is 11.3 Å². The summed E-state index contributed by atoms with van der Waals surface area (Å²) >= 11 is 9.49. The Kier molecular flexibility index (Phi) is 5.72. The molecule has 0 atom stereocenters. The molecule has 0 saturated carbocycles. The van der Waals surface area contributed by atoms with Gasteiger partial charge in [0.15, 0.2) is 0 Å². The number of sulfonamides is 1. The van der Waals surface area contributed by atoms with Gasteiger partial charge in [0.1, 0.15) is 0 Å². The molecular formula is C10H15BrN2O2S3. The van der Waals surface area contributed by atoms with Gasteiger partial charge < -0.3 is 5.73 Å². The first kappa shape index (κ1) is 16.0. The minimum atomic E-state index is -3.46. The van der Waals surface area contributed by atoms with Crippen molar-refractivity contribution in [1.82, 2.24) is 4.31 Å². The summed E-state index contributed by atoms with van der Waals surface area (Å²) in [5.74, 6) is 0. The van der Waals surface area contributed by atoms with Crippen LogP contribution in [0, 0.1) is 6.92 Å². The monoisotopic (exact) mass is 370 g/mol. The lowest BCUT2D eigenvalue weighted by atomic mass is 10.4. The minimum absolute atomic E-state index is 0.321. The second kappa shape index (κ2) is 6.42. The highest BCUT2D eigenvalue weighted by atomic mass is 79.9. The summed E-state index contributed by atoms with van der Waals surface area (Å²) in [6, 6.07) is 1.64. The number of nitrogens with two attached hydrogens (primary N) is 1. The second-order valence-electron chi connectivity index (χ2n) is 3.68. The van der Waals surface area contributed by atoms with E-state index in [0.29, 0.717) is 29.4 Å². The van der Waals surface area contributed by atoms with Crippen LogP contribution in [0.2, 0.25) is 0 Å². The molecule has 18 heavy (non-hydrogen) atoms. The number of thiophene rings is 1. The molecular weight excluding hydrogens is 356 g/mol. The molecule has 0 radical (unpaired) electrons. The highest BCUT2D eigenvalue weighted by Crippen LogP contribution is 2.31. The quantitative estimate of drug-likeness (QED) is 0.781. The van der Waals surface area contributed by atoms with Crippen molar-refractivity contribution < 1.29 is 8.42 Å². The van der Waals surface area contributed by atoms with Gasteiger partial charge in [-0.25, -0.2) is 8.42 Å². The fraction of sp³-hybridized carbons (Fsp3) is 0.500. The molecule has 0 fully saturated rings. The van der Waals surface area contributed by atoms with E-state index in [0.717, 1.165) is 8.66 Å². The molecule has 0 aliphatic heterocycles. The topological polar surface area (TPSA) is 63.4 Å². The van der Waals surface area contributed by atoms with E-state index in [1.54, 1.807) is 19.9 Å². The molecule has 102 valence electrons. The van der Waals surface area contributed by atoms with Gasteiger partial charge in [-0.3, -0.25) is 0 Å². The van der Waals surface area contributed by atoms with E-state index >= 15 is 0 Å². The predicted molar refractivity (Wildman–Crippen MR) is 82.6 cm³/mol. The van der Waals surface area contributed by atoms with Crippen LogP contribution in [0.25, 0.3) is 0 Å². The molecule has 4 nitrogen and oxygen atoms in total. The van der Waals surface area contributed by atoms with E-state index in [2.05, 4.69) is 15.9 Å². The Morgan fingerprint density at radius 3 is 2.61 bits per heavy atom. The van der Waals surface area contributed by atoms with Crippen LogP contribution in [0.5, 0.6) is 0 Å². The van der Waals surface area contributed by atoms with Crippen molar-refractivity contribution in [3.05, 3.63) is 14.7 Å². The maximum atomic E-state index is 12.4. The van der Waals surface area contributed by atoms with E-state index < -0.39 is 10.0 Å². The Hall–Kier alpha value is -0.0200.